The van der Waals surface area contributed by atoms with E-state index in [1.165, 1.54) is 0 Å². The molecule has 0 aromatic carbocycles. The largest absolute Gasteiger partial charge is 0.332 e. The first-order valence-electron chi connectivity index (χ1n) is 6.35. The molecule has 0 amide bonds. The van der Waals surface area contributed by atoms with Crippen molar-refractivity contribution < 1.29 is 0 Å². The third-order valence-electron chi connectivity index (χ3n) is 3.28. The smallest absolute Gasteiger partial charge is 0.251 e. The molecule has 2 aromatic heterocycles. The van der Waals surface area contributed by atoms with Crippen LogP contribution in [-0.4, -0.2) is 26.5 Å². The number of nitrogens with one attached hydrogen (secondary N) is 1. The highest BCUT2D eigenvalue weighted by molar-refractivity contribution is 5.35. The summed E-state index contributed by atoms with van der Waals surface area (Å²) in [6, 6.07) is 3.45. The number of aryl methyl sites for hydroxylation is 1. The molecule has 1 aliphatic heterocycles. The second-order valence-corrected chi connectivity index (χ2v) is 4.66. The summed E-state index contributed by atoms with van der Waals surface area (Å²) in [5.74, 6) is 1.34. The third-order valence-corrected chi connectivity index (χ3v) is 3.28. The van der Waals surface area contributed by atoms with E-state index in [9.17, 15) is 4.79 Å². The Morgan fingerprint density at radius 2 is 2.16 bits per heavy atom. The minimum atomic E-state index is -0.108. The molecule has 1 aliphatic rings. The maximum atomic E-state index is 11.6. The predicted molar refractivity (Wildman–Crippen MR) is 70.9 cm³/mol. The van der Waals surface area contributed by atoms with Crippen molar-refractivity contribution in [1.29, 1.82) is 0 Å². The van der Waals surface area contributed by atoms with Gasteiger partial charge in [0.15, 0.2) is 0 Å². The molecule has 1 saturated heterocycles. The highest BCUT2D eigenvalue weighted by Gasteiger charge is 2.29. The number of hydrogen-bond donors (Lipinski definition) is 1. The average Bonchev–Trinajstić information content (AvgIpc) is 2.88. The van der Waals surface area contributed by atoms with Gasteiger partial charge in [0, 0.05) is 25.0 Å². The highest BCUT2D eigenvalue weighted by atomic mass is 16.1. The molecule has 98 valence electrons. The van der Waals surface area contributed by atoms with Gasteiger partial charge >= 0.3 is 0 Å². The van der Waals surface area contributed by atoms with E-state index in [4.69, 9.17) is 0 Å². The van der Waals surface area contributed by atoms with Crippen LogP contribution in [0.1, 0.15) is 30.4 Å². The quantitative estimate of drug-likeness (QED) is 0.875. The van der Waals surface area contributed by atoms with Crippen molar-refractivity contribution in [1.82, 2.24) is 19.9 Å². The molecule has 6 nitrogen and oxygen atoms in total. The van der Waals surface area contributed by atoms with Crippen LogP contribution < -0.4 is 10.5 Å². The zero-order valence-electron chi connectivity index (χ0n) is 10.7. The molecule has 0 radical (unpaired) electrons. The van der Waals surface area contributed by atoms with Crippen LogP contribution in [0.5, 0.6) is 0 Å². The van der Waals surface area contributed by atoms with E-state index in [-0.39, 0.29) is 11.6 Å². The number of anilines is 1. The normalized spacial score (nSPS) is 18.8. The van der Waals surface area contributed by atoms with Crippen molar-refractivity contribution in [2.75, 3.05) is 11.4 Å². The number of nitrogens with zero attached hydrogens (tertiary/aromatic N) is 4. The summed E-state index contributed by atoms with van der Waals surface area (Å²) >= 11 is 0. The lowest BCUT2D eigenvalue weighted by Gasteiger charge is -2.23. The fraction of sp³-hybridized carbons (Fsp3) is 0.385. The maximum Gasteiger partial charge on any atom is 0.251 e. The Morgan fingerprint density at radius 1 is 1.37 bits per heavy atom. The number of hydrogen-bond acceptors (Lipinski definition) is 5. The highest BCUT2D eigenvalue weighted by Crippen LogP contribution is 2.32. The SMILES string of the molecule is Cc1nc([C@@H]2CCCN2c2ncccn2)cc(=O)[nH]1. The summed E-state index contributed by atoms with van der Waals surface area (Å²) in [6.07, 6.45) is 5.48. The minimum absolute atomic E-state index is 0.0865. The molecular formula is C13H15N5O. The molecule has 0 unspecified atom stereocenters. The standard InChI is InChI=1S/C13H15N5O/c1-9-16-10(8-12(19)17-9)11-4-2-7-18(11)13-14-5-3-6-15-13/h3,5-6,8,11H,2,4,7H2,1H3,(H,16,17,19)/t11-/m0/s1. The number of H-pyrrole nitrogens is 1. The molecule has 19 heavy (non-hydrogen) atoms. The van der Waals surface area contributed by atoms with E-state index in [1.54, 1.807) is 31.5 Å². The summed E-state index contributed by atoms with van der Waals surface area (Å²) in [7, 11) is 0. The molecular weight excluding hydrogens is 242 g/mol. The van der Waals surface area contributed by atoms with Crippen LogP contribution in [0.15, 0.2) is 29.3 Å². The monoisotopic (exact) mass is 257 g/mol. The first-order valence-corrected chi connectivity index (χ1v) is 6.35. The van der Waals surface area contributed by atoms with Gasteiger partial charge in [-0.3, -0.25) is 4.79 Å². The van der Waals surface area contributed by atoms with Crippen LogP contribution in [0.25, 0.3) is 0 Å². The molecule has 3 heterocycles. The van der Waals surface area contributed by atoms with Crippen LogP contribution in [0, 0.1) is 6.92 Å². The van der Waals surface area contributed by atoms with E-state index in [1.807, 2.05) is 0 Å². The Bertz CT molecular complexity index is 624. The summed E-state index contributed by atoms with van der Waals surface area (Å²) in [5, 5.41) is 0. The molecule has 0 aliphatic carbocycles. The van der Waals surface area contributed by atoms with Gasteiger partial charge in [-0.25, -0.2) is 15.0 Å². The molecule has 3 rings (SSSR count). The lowest BCUT2D eigenvalue weighted by molar-refractivity contribution is 0.670. The average molecular weight is 257 g/mol. The van der Waals surface area contributed by atoms with Crippen molar-refractivity contribution in [2.45, 2.75) is 25.8 Å². The lowest BCUT2D eigenvalue weighted by Crippen LogP contribution is -2.26. The Kier molecular flexibility index (Phi) is 2.98. The summed E-state index contributed by atoms with van der Waals surface area (Å²) < 4.78 is 0. The molecule has 1 fully saturated rings. The molecule has 0 spiro atoms. The van der Waals surface area contributed by atoms with E-state index in [2.05, 4.69) is 24.8 Å². The Labute approximate surface area is 110 Å². The first-order chi connectivity index (χ1) is 9.24. The van der Waals surface area contributed by atoms with Crippen molar-refractivity contribution in [3.05, 3.63) is 46.4 Å². The molecule has 1 N–H and O–H groups in total. The lowest BCUT2D eigenvalue weighted by atomic mass is 10.1. The van der Waals surface area contributed by atoms with Crippen molar-refractivity contribution in [3.63, 3.8) is 0 Å². The zero-order chi connectivity index (χ0) is 13.2. The van der Waals surface area contributed by atoms with Gasteiger partial charge in [-0.15, -0.1) is 0 Å². The summed E-state index contributed by atoms with van der Waals surface area (Å²) in [5.41, 5.74) is 0.689. The van der Waals surface area contributed by atoms with Gasteiger partial charge in [-0.1, -0.05) is 0 Å². The topological polar surface area (TPSA) is 74.8 Å². The molecule has 0 bridgehead atoms. The van der Waals surface area contributed by atoms with Crippen LogP contribution >= 0.6 is 0 Å². The second-order valence-electron chi connectivity index (χ2n) is 4.66. The van der Waals surface area contributed by atoms with Gasteiger partial charge in [0.2, 0.25) is 5.95 Å². The van der Waals surface area contributed by atoms with E-state index < -0.39 is 0 Å². The van der Waals surface area contributed by atoms with E-state index >= 15 is 0 Å². The molecule has 1 atom stereocenters. The van der Waals surface area contributed by atoms with Gasteiger partial charge in [0.1, 0.15) is 5.82 Å². The molecule has 2 aromatic rings. The van der Waals surface area contributed by atoms with Crippen LogP contribution in [0.3, 0.4) is 0 Å². The summed E-state index contributed by atoms with van der Waals surface area (Å²) in [6.45, 7) is 2.69. The predicted octanol–water partition coefficient (Wildman–Crippen LogP) is 1.21. The van der Waals surface area contributed by atoms with Crippen LogP contribution in [0.2, 0.25) is 0 Å². The minimum Gasteiger partial charge on any atom is -0.332 e. The Balaban J connectivity index is 1.97. The van der Waals surface area contributed by atoms with Crippen LogP contribution in [0.4, 0.5) is 5.95 Å². The third kappa shape index (κ3) is 2.33. The molecule has 6 heteroatoms. The second kappa shape index (κ2) is 4.79. The van der Waals surface area contributed by atoms with Gasteiger partial charge in [0.25, 0.3) is 5.56 Å². The van der Waals surface area contributed by atoms with Gasteiger partial charge in [-0.2, -0.15) is 0 Å². The van der Waals surface area contributed by atoms with Crippen molar-refractivity contribution in [2.24, 2.45) is 0 Å². The van der Waals surface area contributed by atoms with Gasteiger partial charge < -0.3 is 9.88 Å². The van der Waals surface area contributed by atoms with Crippen molar-refractivity contribution >= 4 is 5.95 Å². The zero-order valence-corrected chi connectivity index (χ0v) is 10.7. The molecule has 0 saturated carbocycles. The van der Waals surface area contributed by atoms with E-state index in [0.29, 0.717) is 11.8 Å². The van der Waals surface area contributed by atoms with Gasteiger partial charge in [0.05, 0.1) is 11.7 Å². The summed E-state index contributed by atoms with van der Waals surface area (Å²) in [4.78, 5) is 29.4. The fourth-order valence-electron chi connectivity index (χ4n) is 2.53. The Hall–Kier alpha value is -2.24. The first kappa shape index (κ1) is 11.8. The van der Waals surface area contributed by atoms with Gasteiger partial charge in [-0.05, 0) is 25.8 Å². The van der Waals surface area contributed by atoms with E-state index in [0.717, 1.165) is 25.1 Å². The van der Waals surface area contributed by atoms with Crippen LogP contribution in [-0.2, 0) is 0 Å². The number of rotatable bonds is 2. The Morgan fingerprint density at radius 3 is 2.89 bits per heavy atom. The number of aromatic amines is 1. The fourth-order valence-corrected chi connectivity index (χ4v) is 2.53. The maximum absolute atomic E-state index is 11.6. The van der Waals surface area contributed by atoms with Crippen molar-refractivity contribution in [3.8, 4) is 0 Å². The number of aromatic nitrogens is 4.